The number of benzene rings is 1. The molecule has 0 saturated carbocycles. The summed E-state index contributed by atoms with van der Waals surface area (Å²) in [7, 11) is 0. The van der Waals surface area contributed by atoms with Gasteiger partial charge in [0.15, 0.2) is 0 Å². The third-order valence-corrected chi connectivity index (χ3v) is 3.31. The largest absolute Gasteiger partial charge is 0.508 e. The Kier molecular flexibility index (Phi) is 5.10. The van der Waals surface area contributed by atoms with Crippen LogP contribution in [0.3, 0.4) is 0 Å². The Hall–Kier alpha value is -2.08. The van der Waals surface area contributed by atoms with Gasteiger partial charge in [0.2, 0.25) is 5.91 Å². The number of rotatable bonds is 6. The molecule has 6 nitrogen and oxygen atoms in total. The topological polar surface area (TPSA) is 113 Å². The fourth-order valence-corrected chi connectivity index (χ4v) is 1.64. The van der Waals surface area contributed by atoms with E-state index in [9.17, 15) is 14.7 Å². The lowest BCUT2D eigenvalue weighted by Gasteiger charge is -2.26. The molecule has 0 aliphatic rings. The molecule has 0 radical (unpaired) electrons. The highest BCUT2D eigenvalue weighted by Gasteiger charge is 2.34. The standard InChI is InChI=1S/C14H20N2O4/c1-3-14(2,13(19)20)16-12(18)11(15)8-9-4-6-10(17)7-5-9/h4-7,11,17H,3,8,15H2,1-2H3,(H,16,18)(H,19,20)/t11-,14?/m1/s1. The van der Waals surface area contributed by atoms with Crippen LogP contribution >= 0.6 is 0 Å². The lowest BCUT2D eigenvalue weighted by atomic mass is 9.97. The molecule has 2 atom stereocenters. The SMILES string of the molecule is CCC(C)(NC(=O)[C@H](N)Cc1ccc(O)cc1)C(=O)O. The molecule has 20 heavy (non-hydrogen) atoms. The molecule has 1 rings (SSSR count). The summed E-state index contributed by atoms with van der Waals surface area (Å²) >= 11 is 0. The summed E-state index contributed by atoms with van der Waals surface area (Å²) in [6, 6.07) is 5.50. The molecule has 5 N–H and O–H groups in total. The molecule has 0 fully saturated rings. The molecule has 0 aliphatic heterocycles. The van der Waals surface area contributed by atoms with Gasteiger partial charge in [0.25, 0.3) is 0 Å². The van der Waals surface area contributed by atoms with E-state index in [1.807, 2.05) is 0 Å². The van der Waals surface area contributed by atoms with Crippen molar-refractivity contribution in [3.05, 3.63) is 29.8 Å². The zero-order valence-electron chi connectivity index (χ0n) is 11.6. The first-order valence-corrected chi connectivity index (χ1v) is 6.37. The van der Waals surface area contributed by atoms with Crippen molar-refractivity contribution >= 4 is 11.9 Å². The van der Waals surface area contributed by atoms with Crippen molar-refractivity contribution in [2.45, 2.75) is 38.3 Å². The Labute approximate surface area is 117 Å². The quantitative estimate of drug-likeness (QED) is 0.610. The van der Waals surface area contributed by atoms with E-state index < -0.39 is 23.5 Å². The second kappa shape index (κ2) is 6.38. The predicted octanol–water partition coefficient (Wildman–Crippen LogP) is 0.631. The summed E-state index contributed by atoms with van der Waals surface area (Å²) in [4.78, 5) is 23.1. The molecule has 1 aromatic carbocycles. The van der Waals surface area contributed by atoms with Crippen molar-refractivity contribution in [2.75, 3.05) is 0 Å². The molecule has 0 spiro atoms. The van der Waals surface area contributed by atoms with Crippen molar-refractivity contribution in [2.24, 2.45) is 5.73 Å². The van der Waals surface area contributed by atoms with Gasteiger partial charge in [0.1, 0.15) is 11.3 Å². The van der Waals surface area contributed by atoms with Crippen LogP contribution in [0.5, 0.6) is 5.75 Å². The van der Waals surface area contributed by atoms with Crippen LogP contribution in [0.25, 0.3) is 0 Å². The van der Waals surface area contributed by atoms with Gasteiger partial charge in [-0.1, -0.05) is 19.1 Å². The monoisotopic (exact) mass is 280 g/mol. The second-order valence-corrected chi connectivity index (χ2v) is 4.96. The van der Waals surface area contributed by atoms with Gasteiger partial charge in [-0.2, -0.15) is 0 Å². The van der Waals surface area contributed by atoms with Gasteiger partial charge in [-0.25, -0.2) is 4.79 Å². The van der Waals surface area contributed by atoms with Crippen LogP contribution in [0.4, 0.5) is 0 Å². The van der Waals surface area contributed by atoms with Gasteiger partial charge >= 0.3 is 5.97 Å². The summed E-state index contributed by atoms with van der Waals surface area (Å²) < 4.78 is 0. The van der Waals surface area contributed by atoms with Gasteiger partial charge in [0.05, 0.1) is 6.04 Å². The predicted molar refractivity (Wildman–Crippen MR) is 74.3 cm³/mol. The van der Waals surface area contributed by atoms with E-state index in [0.717, 1.165) is 5.56 Å². The van der Waals surface area contributed by atoms with Gasteiger partial charge in [0, 0.05) is 0 Å². The van der Waals surface area contributed by atoms with Crippen LogP contribution in [0.1, 0.15) is 25.8 Å². The number of aliphatic carboxylic acids is 1. The van der Waals surface area contributed by atoms with Crippen LogP contribution in [-0.4, -0.2) is 33.7 Å². The number of phenols is 1. The first-order chi connectivity index (χ1) is 9.28. The third kappa shape index (κ3) is 3.96. The van der Waals surface area contributed by atoms with E-state index in [0.29, 0.717) is 0 Å². The van der Waals surface area contributed by atoms with Crippen LogP contribution in [0, 0.1) is 0 Å². The Balaban J connectivity index is 2.67. The number of nitrogens with two attached hydrogens (primary N) is 1. The molecule has 1 aromatic rings. The van der Waals surface area contributed by atoms with E-state index >= 15 is 0 Å². The maximum Gasteiger partial charge on any atom is 0.329 e. The summed E-state index contributed by atoms with van der Waals surface area (Å²) in [6.07, 6.45) is 0.533. The fourth-order valence-electron chi connectivity index (χ4n) is 1.64. The zero-order chi connectivity index (χ0) is 15.3. The van der Waals surface area contributed by atoms with Crippen LogP contribution in [0.15, 0.2) is 24.3 Å². The van der Waals surface area contributed by atoms with Gasteiger partial charge in [-0.05, 0) is 37.5 Å². The highest BCUT2D eigenvalue weighted by molar-refractivity contribution is 5.89. The number of carbonyl (C=O) groups is 2. The lowest BCUT2D eigenvalue weighted by molar-refractivity contribution is -0.147. The number of amides is 1. The van der Waals surface area contributed by atoms with Crippen LogP contribution in [0.2, 0.25) is 0 Å². The van der Waals surface area contributed by atoms with Gasteiger partial charge < -0.3 is 21.3 Å². The van der Waals surface area contributed by atoms with Crippen molar-refractivity contribution in [3.63, 3.8) is 0 Å². The van der Waals surface area contributed by atoms with Gasteiger partial charge in [-0.15, -0.1) is 0 Å². The molecular weight excluding hydrogens is 260 g/mol. The summed E-state index contributed by atoms with van der Waals surface area (Å²) in [5.74, 6) is -1.47. The Bertz CT molecular complexity index is 486. The maximum atomic E-state index is 11.9. The van der Waals surface area contributed by atoms with Crippen molar-refractivity contribution < 1.29 is 19.8 Å². The lowest BCUT2D eigenvalue weighted by Crippen LogP contribution is -2.56. The van der Waals surface area contributed by atoms with E-state index in [-0.39, 0.29) is 18.6 Å². The first-order valence-electron chi connectivity index (χ1n) is 6.37. The molecule has 0 heterocycles. The average Bonchev–Trinajstić information content (AvgIpc) is 2.40. The van der Waals surface area contributed by atoms with Crippen LogP contribution < -0.4 is 11.1 Å². The first kappa shape index (κ1) is 16.0. The van der Waals surface area contributed by atoms with Crippen molar-refractivity contribution in [1.29, 1.82) is 0 Å². The number of nitrogens with one attached hydrogen (secondary N) is 1. The number of carbonyl (C=O) groups excluding carboxylic acids is 1. The maximum absolute atomic E-state index is 11.9. The Morgan fingerprint density at radius 3 is 2.35 bits per heavy atom. The molecule has 1 unspecified atom stereocenters. The summed E-state index contributed by atoms with van der Waals surface area (Å²) in [6.45, 7) is 3.13. The smallest absolute Gasteiger partial charge is 0.329 e. The van der Waals surface area contributed by atoms with E-state index in [4.69, 9.17) is 10.8 Å². The molecule has 0 aliphatic carbocycles. The zero-order valence-corrected chi connectivity index (χ0v) is 11.6. The average molecular weight is 280 g/mol. The molecule has 6 heteroatoms. The number of hydrogen-bond donors (Lipinski definition) is 4. The van der Waals surface area contributed by atoms with Crippen molar-refractivity contribution in [3.8, 4) is 5.75 Å². The molecule has 1 amide bonds. The highest BCUT2D eigenvalue weighted by atomic mass is 16.4. The number of carboxylic acid groups (broad SMARTS) is 1. The third-order valence-electron chi connectivity index (χ3n) is 3.31. The molecule has 0 saturated heterocycles. The number of aromatic hydroxyl groups is 1. The normalized spacial score (nSPS) is 15.2. The molecular formula is C14H20N2O4. The molecule has 110 valence electrons. The fraction of sp³-hybridized carbons (Fsp3) is 0.429. The number of hydrogen-bond acceptors (Lipinski definition) is 4. The second-order valence-electron chi connectivity index (χ2n) is 4.96. The van der Waals surface area contributed by atoms with Crippen LogP contribution in [-0.2, 0) is 16.0 Å². The number of phenolic OH excluding ortho intramolecular Hbond substituents is 1. The Morgan fingerprint density at radius 1 is 1.35 bits per heavy atom. The molecule has 0 bridgehead atoms. The van der Waals surface area contributed by atoms with E-state index in [2.05, 4.69) is 5.32 Å². The van der Waals surface area contributed by atoms with E-state index in [1.54, 1.807) is 19.1 Å². The minimum Gasteiger partial charge on any atom is -0.508 e. The minimum absolute atomic E-state index is 0.135. The molecule has 0 aromatic heterocycles. The highest BCUT2D eigenvalue weighted by Crippen LogP contribution is 2.12. The van der Waals surface area contributed by atoms with E-state index in [1.165, 1.54) is 19.1 Å². The minimum atomic E-state index is -1.32. The Morgan fingerprint density at radius 2 is 1.90 bits per heavy atom. The summed E-state index contributed by atoms with van der Waals surface area (Å²) in [5, 5.41) is 20.7. The summed E-state index contributed by atoms with van der Waals surface area (Å²) in [5.41, 5.74) is 5.26. The van der Waals surface area contributed by atoms with Gasteiger partial charge in [-0.3, -0.25) is 4.79 Å². The van der Waals surface area contributed by atoms with Crippen molar-refractivity contribution in [1.82, 2.24) is 5.32 Å². The number of carboxylic acids is 1.